The number of nitrogens with zero attached hydrogens (tertiary/aromatic N) is 1. The molecule has 3 aromatic rings. The van der Waals surface area contributed by atoms with E-state index < -0.39 is 5.97 Å². The number of carbonyl (C=O) groups excluding carboxylic acids is 1. The number of benzene rings is 2. The van der Waals surface area contributed by atoms with Crippen LogP contribution in [0.5, 0.6) is 11.5 Å². The summed E-state index contributed by atoms with van der Waals surface area (Å²) < 4.78 is 26.2. The third kappa shape index (κ3) is 3.30. The van der Waals surface area contributed by atoms with Crippen molar-refractivity contribution in [2.24, 2.45) is 0 Å². The van der Waals surface area contributed by atoms with Gasteiger partial charge >= 0.3 is 5.97 Å². The number of thiophene rings is 1. The van der Waals surface area contributed by atoms with E-state index in [1.54, 1.807) is 32.0 Å². The van der Waals surface area contributed by atoms with Crippen molar-refractivity contribution >= 4 is 43.3 Å². The van der Waals surface area contributed by atoms with Crippen LogP contribution in [0.2, 0.25) is 0 Å². The lowest BCUT2D eigenvalue weighted by atomic mass is 10.1. The van der Waals surface area contributed by atoms with E-state index in [1.165, 1.54) is 23.5 Å². The van der Waals surface area contributed by atoms with Crippen molar-refractivity contribution in [1.29, 1.82) is 5.26 Å². The van der Waals surface area contributed by atoms with Gasteiger partial charge in [0.2, 0.25) is 0 Å². The molecule has 0 saturated heterocycles. The van der Waals surface area contributed by atoms with Crippen molar-refractivity contribution in [3.8, 4) is 17.6 Å². The Kier molecular flexibility index (Phi) is 5.25. The quantitative estimate of drug-likeness (QED) is 0.396. The second-order valence-electron chi connectivity index (χ2n) is 5.39. The zero-order valence-corrected chi connectivity index (χ0v) is 16.3. The van der Waals surface area contributed by atoms with E-state index in [4.69, 9.17) is 14.7 Å². The molecule has 1 heterocycles. The summed E-state index contributed by atoms with van der Waals surface area (Å²) >= 11 is 4.48. The molecule has 0 aliphatic carbocycles. The number of carbonyl (C=O) groups is 1. The average molecular weight is 434 g/mol. The van der Waals surface area contributed by atoms with Gasteiger partial charge in [0.05, 0.1) is 22.7 Å². The predicted molar refractivity (Wildman–Crippen MR) is 102 cm³/mol. The van der Waals surface area contributed by atoms with E-state index in [1.807, 2.05) is 6.07 Å². The molecular weight excluding hydrogens is 421 g/mol. The van der Waals surface area contributed by atoms with Crippen molar-refractivity contribution in [3.63, 3.8) is 0 Å². The highest BCUT2D eigenvalue weighted by Crippen LogP contribution is 2.39. The third-order valence-corrected chi connectivity index (χ3v) is 5.55. The van der Waals surface area contributed by atoms with Crippen molar-refractivity contribution in [1.82, 2.24) is 0 Å². The Morgan fingerprint density at radius 1 is 1.38 bits per heavy atom. The number of hydrogen-bond acceptors (Lipinski definition) is 5. The minimum Gasteiger partial charge on any atom is -0.490 e. The maximum atomic E-state index is 14.1. The molecule has 3 rings (SSSR count). The highest BCUT2D eigenvalue weighted by atomic mass is 79.9. The maximum Gasteiger partial charge on any atom is 0.354 e. The average Bonchev–Trinajstić information content (AvgIpc) is 2.96. The van der Waals surface area contributed by atoms with Crippen LogP contribution in [0.15, 0.2) is 34.8 Å². The summed E-state index contributed by atoms with van der Waals surface area (Å²) in [7, 11) is 0. The molecule has 0 unspecified atom stereocenters. The van der Waals surface area contributed by atoms with Crippen molar-refractivity contribution in [2.45, 2.75) is 13.8 Å². The smallest absolute Gasteiger partial charge is 0.354 e. The van der Waals surface area contributed by atoms with Crippen molar-refractivity contribution in [3.05, 3.63) is 56.6 Å². The number of esters is 1. The number of ether oxygens (including phenoxy) is 2. The van der Waals surface area contributed by atoms with E-state index in [0.717, 1.165) is 0 Å². The zero-order chi connectivity index (χ0) is 18.8. The number of aryl methyl sites for hydroxylation is 1. The molecule has 0 amide bonds. The molecule has 0 fully saturated rings. The van der Waals surface area contributed by atoms with Gasteiger partial charge in [-0.05, 0) is 53.5 Å². The third-order valence-electron chi connectivity index (χ3n) is 3.72. The lowest BCUT2D eigenvalue weighted by Crippen LogP contribution is -2.10. The number of halogens is 2. The Labute approximate surface area is 161 Å². The highest BCUT2D eigenvalue weighted by Gasteiger charge is 2.22. The molecule has 0 spiro atoms. The molecule has 0 N–H and O–H groups in total. The van der Waals surface area contributed by atoms with E-state index in [-0.39, 0.29) is 17.3 Å². The van der Waals surface area contributed by atoms with Gasteiger partial charge in [0, 0.05) is 16.2 Å². The van der Waals surface area contributed by atoms with Gasteiger partial charge in [-0.1, -0.05) is 6.07 Å². The number of hydrogen-bond donors (Lipinski definition) is 0. The maximum absolute atomic E-state index is 14.1. The lowest BCUT2D eigenvalue weighted by molar-refractivity contribution is 0.0731. The number of nitriles is 1. The first kappa shape index (κ1) is 18.4. The molecule has 2 aromatic carbocycles. The summed E-state index contributed by atoms with van der Waals surface area (Å²) in [5.41, 5.74) is 0.913. The Morgan fingerprint density at radius 3 is 2.81 bits per heavy atom. The molecule has 0 radical (unpaired) electrons. The molecule has 0 bridgehead atoms. The van der Waals surface area contributed by atoms with E-state index >= 15 is 0 Å². The Morgan fingerprint density at radius 2 is 2.15 bits per heavy atom. The fourth-order valence-electron chi connectivity index (χ4n) is 2.58. The van der Waals surface area contributed by atoms with Gasteiger partial charge in [0.15, 0.2) is 11.5 Å². The van der Waals surface area contributed by atoms with Crippen molar-refractivity contribution in [2.75, 3.05) is 6.61 Å². The normalized spacial score (nSPS) is 10.6. The highest BCUT2D eigenvalue weighted by molar-refractivity contribution is 9.10. The second-order valence-corrected chi connectivity index (χ2v) is 7.30. The predicted octanol–water partition coefficient (Wildman–Crippen LogP) is 5.60. The van der Waals surface area contributed by atoms with Gasteiger partial charge in [-0.25, -0.2) is 9.18 Å². The number of rotatable bonds is 4. The Bertz CT molecular complexity index is 1060. The minimum absolute atomic E-state index is 0.188. The molecule has 4 nitrogen and oxygen atoms in total. The fraction of sp³-hybridized carbons (Fsp3) is 0.158. The molecule has 26 heavy (non-hydrogen) atoms. The molecular formula is C19H13BrFNO3S. The summed E-state index contributed by atoms with van der Waals surface area (Å²) in [6, 6.07) is 9.80. The largest absolute Gasteiger partial charge is 0.490 e. The molecule has 0 aliphatic heterocycles. The van der Waals surface area contributed by atoms with Crippen LogP contribution in [0.4, 0.5) is 4.39 Å². The van der Waals surface area contributed by atoms with E-state index in [0.29, 0.717) is 37.2 Å². The summed E-state index contributed by atoms with van der Waals surface area (Å²) in [6.07, 6.45) is 0. The molecule has 1 aromatic heterocycles. The van der Waals surface area contributed by atoms with Crippen LogP contribution < -0.4 is 9.47 Å². The van der Waals surface area contributed by atoms with Gasteiger partial charge in [0.25, 0.3) is 0 Å². The van der Waals surface area contributed by atoms with Crippen LogP contribution in [0.25, 0.3) is 10.1 Å². The first-order valence-electron chi connectivity index (χ1n) is 7.72. The molecule has 0 atom stereocenters. The van der Waals surface area contributed by atoms with Gasteiger partial charge in [0.1, 0.15) is 10.7 Å². The number of fused-ring (bicyclic) bond motifs is 1. The van der Waals surface area contributed by atoms with Crippen LogP contribution in [-0.2, 0) is 0 Å². The summed E-state index contributed by atoms with van der Waals surface area (Å²) in [4.78, 5) is 13.0. The summed E-state index contributed by atoms with van der Waals surface area (Å²) in [6.45, 7) is 3.83. The summed E-state index contributed by atoms with van der Waals surface area (Å²) in [5, 5.41) is 9.50. The van der Waals surface area contributed by atoms with Crippen LogP contribution in [-0.4, -0.2) is 12.6 Å². The van der Waals surface area contributed by atoms with E-state index in [2.05, 4.69) is 15.9 Å². The Balaban J connectivity index is 2.02. The SMILES string of the molecule is CCOc1cc(C#N)cc(Br)c1OC(=O)c1sc2cccc(F)c2c1C. The van der Waals surface area contributed by atoms with Gasteiger partial charge in [-0.15, -0.1) is 11.3 Å². The fourth-order valence-corrected chi connectivity index (χ4v) is 4.20. The molecule has 7 heteroatoms. The van der Waals surface area contributed by atoms with Gasteiger partial charge in [-0.2, -0.15) is 5.26 Å². The first-order valence-corrected chi connectivity index (χ1v) is 9.33. The van der Waals surface area contributed by atoms with Crippen LogP contribution in [0.1, 0.15) is 27.7 Å². The lowest BCUT2D eigenvalue weighted by Gasteiger charge is -2.12. The minimum atomic E-state index is -0.602. The topological polar surface area (TPSA) is 59.3 Å². The van der Waals surface area contributed by atoms with Crippen LogP contribution in [0.3, 0.4) is 0 Å². The monoisotopic (exact) mass is 433 g/mol. The zero-order valence-electron chi connectivity index (χ0n) is 13.9. The molecule has 0 aliphatic rings. The summed E-state index contributed by atoms with van der Waals surface area (Å²) in [5.74, 6) is -0.496. The van der Waals surface area contributed by atoms with Gasteiger partial charge in [-0.3, -0.25) is 0 Å². The van der Waals surface area contributed by atoms with Crippen LogP contribution in [0, 0.1) is 24.1 Å². The van der Waals surface area contributed by atoms with Crippen LogP contribution >= 0.6 is 27.3 Å². The standard InChI is InChI=1S/C19H13BrFNO3S/c1-3-24-14-8-11(9-22)7-12(20)17(14)25-19(23)18-10(2)16-13(21)5-4-6-15(16)26-18/h4-8H,3H2,1-2H3. The van der Waals surface area contributed by atoms with Gasteiger partial charge < -0.3 is 9.47 Å². The van der Waals surface area contributed by atoms with E-state index in [9.17, 15) is 9.18 Å². The van der Waals surface area contributed by atoms with Crippen molar-refractivity contribution < 1.29 is 18.7 Å². The second kappa shape index (κ2) is 7.44. The molecule has 0 saturated carbocycles. The Hall–Kier alpha value is -2.43. The molecule has 132 valence electrons. The first-order chi connectivity index (χ1) is 12.5.